The summed E-state index contributed by atoms with van der Waals surface area (Å²) < 4.78 is 0.733. The molecule has 1 heterocycles. The summed E-state index contributed by atoms with van der Waals surface area (Å²) in [6, 6.07) is 11.5. The molecule has 0 saturated carbocycles. The molecular weight excluding hydrogens is 406 g/mol. The zero-order chi connectivity index (χ0) is 19.4. The molecule has 0 saturated heterocycles. The van der Waals surface area contributed by atoms with Gasteiger partial charge in [0.1, 0.15) is 11.5 Å². The molecule has 0 unspecified atom stereocenters. The number of rotatable bonds is 0. The Bertz CT molecular complexity index is 1070. The molecule has 7 heteroatoms. The molecule has 132 valence electrons. The summed E-state index contributed by atoms with van der Waals surface area (Å²) >= 11 is 3.43. The first kappa shape index (κ1) is 17.3. The van der Waals surface area contributed by atoms with Crippen LogP contribution in [0.2, 0.25) is 0 Å². The maximum Gasteiger partial charge on any atom is 0.238 e. The molecule has 1 spiro atoms. The average Bonchev–Trinajstić information content (AvgIpc) is 2.96. The van der Waals surface area contributed by atoms with Gasteiger partial charge in [-0.1, -0.05) is 22.0 Å². The third-order valence-corrected chi connectivity index (χ3v) is 6.47. The first-order valence-electron chi connectivity index (χ1n) is 8.52. The SMILES string of the molecule is N#CC1=C(N)C(C#N)(C#N)[C@]2(C(=O)Nc3ccc(Br)cc32)[C@H]2CCCC=C12. The number of nitrogens with one attached hydrogen (secondary N) is 1. The van der Waals surface area contributed by atoms with E-state index in [0.29, 0.717) is 23.2 Å². The van der Waals surface area contributed by atoms with Gasteiger partial charge < -0.3 is 11.1 Å². The van der Waals surface area contributed by atoms with Crippen LogP contribution < -0.4 is 11.1 Å². The summed E-state index contributed by atoms with van der Waals surface area (Å²) in [7, 11) is 0. The van der Waals surface area contributed by atoms with Gasteiger partial charge in [0, 0.05) is 16.1 Å². The molecule has 3 aliphatic rings. The minimum absolute atomic E-state index is 0.137. The lowest BCUT2D eigenvalue weighted by molar-refractivity contribution is -0.125. The first-order valence-corrected chi connectivity index (χ1v) is 9.32. The molecule has 0 aromatic heterocycles. The number of nitrogens with zero attached hydrogens (tertiary/aromatic N) is 3. The van der Waals surface area contributed by atoms with Crippen molar-refractivity contribution in [3.8, 4) is 18.2 Å². The van der Waals surface area contributed by atoms with E-state index in [2.05, 4.69) is 27.3 Å². The molecule has 0 fully saturated rings. The number of carbonyl (C=O) groups excluding carboxylic acids is 1. The minimum Gasteiger partial charge on any atom is -0.399 e. The maximum atomic E-state index is 13.4. The number of amides is 1. The Labute approximate surface area is 164 Å². The summed E-state index contributed by atoms with van der Waals surface area (Å²) in [5.41, 5.74) is 4.66. The van der Waals surface area contributed by atoms with Gasteiger partial charge in [-0.25, -0.2) is 0 Å². The van der Waals surface area contributed by atoms with Gasteiger partial charge >= 0.3 is 0 Å². The second kappa shape index (κ2) is 5.71. The quantitative estimate of drug-likeness (QED) is 0.667. The number of hydrogen-bond acceptors (Lipinski definition) is 5. The van der Waals surface area contributed by atoms with E-state index in [1.165, 1.54) is 0 Å². The number of anilines is 1. The molecule has 0 radical (unpaired) electrons. The Kier molecular flexibility index (Phi) is 3.67. The van der Waals surface area contributed by atoms with Gasteiger partial charge in [-0.15, -0.1) is 0 Å². The zero-order valence-electron chi connectivity index (χ0n) is 14.2. The van der Waals surface area contributed by atoms with E-state index in [0.717, 1.165) is 17.3 Å². The first-order chi connectivity index (χ1) is 13.0. The third-order valence-electron chi connectivity index (χ3n) is 5.97. The number of nitrogens with two attached hydrogens (primary N) is 1. The molecule has 1 aromatic rings. The van der Waals surface area contributed by atoms with E-state index in [4.69, 9.17) is 5.73 Å². The molecule has 2 aliphatic carbocycles. The largest absolute Gasteiger partial charge is 0.399 e. The highest BCUT2D eigenvalue weighted by atomic mass is 79.9. The minimum atomic E-state index is -1.96. The van der Waals surface area contributed by atoms with Gasteiger partial charge in [0.2, 0.25) is 11.3 Å². The van der Waals surface area contributed by atoms with Crippen molar-refractivity contribution in [1.29, 1.82) is 15.8 Å². The van der Waals surface area contributed by atoms with Crippen molar-refractivity contribution < 1.29 is 4.79 Å². The Morgan fingerprint density at radius 2 is 2.00 bits per heavy atom. The van der Waals surface area contributed by atoms with Crippen molar-refractivity contribution >= 4 is 27.5 Å². The van der Waals surface area contributed by atoms with E-state index in [1.807, 2.05) is 18.2 Å². The van der Waals surface area contributed by atoms with Crippen LogP contribution in [0, 0.1) is 45.3 Å². The second-order valence-electron chi connectivity index (χ2n) is 6.97. The summed E-state index contributed by atoms with van der Waals surface area (Å²) in [5, 5.41) is 32.8. The Morgan fingerprint density at radius 1 is 1.26 bits per heavy atom. The van der Waals surface area contributed by atoms with Crippen molar-refractivity contribution in [2.75, 3.05) is 5.32 Å². The van der Waals surface area contributed by atoms with E-state index in [1.54, 1.807) is 18.2 Å². The molecule has 3 N–H and O–H groups in total. The summed E-state index contributed by atoms with van der Waals surface area (Å²) in [5.74, 6) is -0.889. The van der Waals surface area contributed by atoms with Crippen LogP contribution in [0.4, 0.5) is 5.69 Å². The van der Waals surface area contributed by atoms with Crippen molar-refractivity contribution in [2.24, 2.45) is 17.1 Å². The van der Waals surface area contributed by atoms with Crippen molar-refractivity contribution in [2.45, 2.75) is 24.7 Å². The molecule has 2 atom stereocenters. The molecule has 6 nitrogen and oxygen atoms in total. The number of benzene rings is 1. The molecule has 1 aromatic carbocycles. The fraction of sp³-hybridized carbons (Fsp3) is 0.300. The molecule has 1 amide bonds. The predicted molar refractivity (Wildman–Crippen MR) is 100 cm³/mol. The van der Waals surface area contributed by atoms with Crippen molar-refractivity contribution in [3.05, 3.63) is 51.2 Å². The van der Waals surface area contributed by atoms with Crippen LogP contribution in [0.25, 0.3) is 0 Å². The predicted octanol–water partition coefficient (Wildman–Crippen LogP) is 3.15. The summed E-state index contributed by atoms with van der Waals surface area (Å²) in [4.78, 5) is 13.4. The number of allylic oxidation sites excluding steroid dienone is 4. The van der Waals surface area contributed by atoms with E-state index >= 15 is 0 Å². The fourth-order valence-corrected chi connectivity index (χ4v) is 5.24. The second-order valence-corrected chi connectivity index (χ2v) is 7.88. The molecule has 4 rings (SSSR count). The lowest BCUT2D eigenvalue weighted by Crippen LogP contribution is -2.60. The van der Waals surface area contributed by atoms with Crippen LogP contribution in [0.5, 0.6) is 0 Å². The Balaban J connectivity index is 2.21. The zero-order valence-corrected chi connectivity index (χ0v) is 15.8. The lowest BCUT2D eigenvalue weighted by atomic mass is 9.47. The Hall–Kier alpha value is -3.08. The number of carbonyl (C=O) groups is 1. The number of fused-ring (bicyclic) bond motifs is 4. The number of hydrogen-bond donors (Lipinski definition) is 2. The van der Waals surface area contributed by atoms with Crippen LogP contribution in [-0.4, -0.2) is 5.91 Å². The summed E-state index contributed by atoms with van der Waals surface area (Å²) in [6.45, 7) is 0. The van der Waals surface area contributed by atoms with Crippen LogP contribution in [0.3, 0.4) is 0 Å². The number of halogens is 1. The van der Waals surface area contributed by atoms with Crippen molar-refractivity contribution in [1.82, 2.24) is 0 Å². The molecule has 0 bridgehead atoms. The van der Waals surface area contributed by atoms with Crippen LogP contribution in [0.15, 0.2) is 45.6 Å². The van der Waals surface area contributed by atoms with E-state index < -0.39 is 22.7 Å². The van der Waals surface area contributed by atoms with Gasteiger partial charge in [0.25, 0.3) is 0 Å². The van der Waals surface area contributed by atoms with Gasteiger partial charge in [0.05, 0.1) is 23.4 Å². The highest BCUT2D eigenvalue weighted by Crippen LogP contribution is 2.63. The highest BCUT2D eigenvalue weighted by Gasteiger charge is 2.70. The smallest absolute Gasteiger partial charge is 0.238 e. The monoisotopic (exact) mass is 419 g/mol. The van der Waals surface area contributed by atoms with Gasteiger partial charge in [-0.3, -0.25) is 4.79 Å². The van der Waals surface area contributed by atoms with Crippen molar-refractivity contribution in [3.63, 3.8) is 0 Å². The lowest BCUT2D eigenvalue weighted by Gasteiger charge is -2.49. The van der Waals surface area contributed by atoms with Crippen LogP contribution >= 0.6 is 15.9 Å². The van der Waals surface area contributed by atoms with E-state index in [-0.39, 0.29) is 11.3 Å². The fourth-order valence-electron chi connectivity index (χ4n) is 4.88. The Morgan fingerprint density at radius 3 is 2.67 bits per heavy atom. The normalized spacial score (nSPS) is 27.6. The topological polar surface area (TPSA) is 126 Å². The van der Waals surface area contributed by atoms with Gasteiger partial charge in [0.15, 0.2) is 0 Å². The van der Waals surface area contributed by atoms with Crippen LogP contribution in [-0.2, 0) is 10.2 Å². The van der Waals surface area contributed by atoms with Crippen LogP contribution in [0.1, 0.15) is 24.8 Å². The summed E-state index contributed by atoms with van der Waals surface area (Å²) in [6.07, 6.45) is 4.08. The average molecular weight is 420 g/mol. The van der Waals surface area contributed by atoms with E-state index in [9.17, 15) is 20.6 Å². The highest BCUT2D eigenvalue weighted by molar-refractivity contribution is 9.10. The molecular formula is C20H14BrN5O. The van der Waals surface area contributed by atoms with Gasteiger partial charge in [-0.2, -0.15) is 15.8 Å². The standard InChI is InChI=1S/C20H14BrN5O/c21-11-5-6-16-15(7-11)20(18(27)26-16)14-4-2-1-3-12(14)13(8-22)17(25)19(20,9-23)10-24/h3,5-7,14H,1-2,4,25H2,(H,26,27)/t14-,20+/m0/s1. The molecule has 1 aliphatic heterocycles. The maximum absolute atomic E-state index is 13.4. The third kappa shape index (κ3) is 1.84. The van der Waals surface area contributed by atoms with Gasteiger partial charge in [-0.05, 0) is 48.6 Å². The number of nitriles is 3. The molecule has 27 heavy (non-hydrogen) atoms.